The number of thiocarbonyl (C=S) groups is 1. The van der Waals surface area contributed by atoms with Crippen LogP contribution < -0.4 is 10.5 Å². The molecule has 106 valence electrons. The summed E-state index contributed by atoms with van der Waals surface area (Å²) < 4.78 is 31.6. The second-order valence-corrected chi connectivity index (χ2v) is 5.99. The lowest BCUT2D eigenvalue weighted by Gasteiger charge is -2.09. The highest BCUT2D eigenvalue weighted by Crippen LogP contribution is 2.12. The van der Waals surface area contributed by atoms with Gasteiger partial charge in [0.25, 0.3) is 0 Å². The number of pyridine rings is 1. The average molecular weight is 303 g/mol. The minimum absolute atomic E-state index is 0.00856. The SMILES string of the molecule is COCCCCNS(=O)(=O)c1cccnc1C(N)=S. The molecular formula is C11H17N3O3S2. The van der Waals surface area contributed by atoms with Gasteiger partial charge in [0.15, 0.2) is 0 Å². The van der Waals surface area contributed by atoms with Crippen molar-refractivity contribution in [2.45, 2.75) is 17.7 Å². The fraction of sp³-hybridized carbons (Fsp3) is 0.455. The molecule has 0 aliphatic rings. The Morgan fingerprint density at radius 1 is 1.53 bits per heavy atom. The van der Waals surface area contributed by atoms with E-state index in [1.807, 2.05) is 0 Å². The molecule has 0 fully saturated rings. The standard InChI is InChI=1S/C11H17N3O3S2/c1-17-8-3-2-7-14-19(15,16)9-5-4-6-13-10(9)11(12)18/h4-6,14H,2-3,7-8H2,1H3,(H2,12,18). The molecule has 0 saturated carbocycles. The number of hydrogen-bond acceptors (Lipinski definition) is 5. The quantitative estimate of drug-likeness (QED) is 0.534. The third kappa shape index (κ3) is 4.83. The molecule has 6 nitrogen and oxygen atoms in total. The Morgan fingerprint density at radius 3 is 2.89 bits per heavy atom. The zero-order valence-electron chi connectivity index (χ0n) is 10.6. The van der Waals surface area contributed by atoms with E-state index >= 15 is 0 Å². The van der Waals surface area contributed by atoms with Crippen LogP contribution in [0.5, 0.6) is 0 Å². The fourth-order valence-corrected chi connectivity index (χ4v) is 2.92. The zero-order chi connectivity index (χ0) is 14.3. The monoisotopic (exact) mass is 303 g/mol. The van der Waals surface area contributed by atoms with E-state index in [2.05, 4.69) is 9.71 Å². The van der Waals surface area contributed by atoms with Crippen LogP contribution in [0.1, 0.15) is 18.5 Å². The van der Waals surface area contributed by atoms with Crippen LogP contribution in [0.2, 0.25) is 0 Å². The van der Waals surface area contributed by atoms with Gasteiger partial charge in [0, 0.05) is 26.5 Å². The predicted molar refractivity (Wildman–Crippen MR) is 76.4 cm³/mol. The molecule has 0 aliphatic carbocycles. The first-order chi connectivity index (χ1) is 8.99. The van der Waals surface area contributed by atoms with E-state index in [1.165, 1.54) is 18.3 Å². The van der Waals surface area contributed by atoms with Crippen molar-refractivity contribution >= 4 is 27.2 Å². The number of aromatic nitrogens is 1. The van der Waals surface area contributed by atoms with E-state index in [-0.39, 0.29) is 15.6 Å². The molecule has 0 saturated heterocycles. The highest BCUT2D eigenvalue weighted by atomic mass is 32.2. The lowest BCUT2D eigenvalue weighted by molar-refractivity contribution is 0.193. The number of unbranched alkanes of at least 4 members (excludes halogenated alkanes) is 1. The van der Waals surface area contributed by atoms with Crippen molar-refractivity contribution in [3.63, 3.8) is 0 Å². The summed E-state index contributed by atoms with van der Waals surface area (Å²) in [6.07, 6.45) is 2.93. The summed E-state index contributed by atoms with van der Waals surface area (Å²) in [5.74, 6) is 0. The minimum atomic E-state index is -3.64. The van der Waals surface area contributed by atoms with Gasteiger partial charge in [0.1, 0.15) is 15.6 Å². The maximum atomic E-state index is 12.1. The van der Waals surface area contributed by atoms with Gasteiger partial charge in [-0.25, -0.2) is 13.1 Å². The molecule has 0 spiro atoms. The number of sulfonamides is 1. The van der Waals surface area contributed by atoms with Gasteiger partial charge < -0.3 is 10.5 Å². The average Bonchev–Trinajstić information content (AvgIpc) is 2.38. The van der Waals surface area contributed by atoms with Crippen LogP contribution in [-0.4, -0.2) is 38.7 Å². The maximum Gasteiger partial charge on any atom is 0.242 e. The van der Waals surface area contributed by atoms with E-state index in [0.717, 1.165) is 6.42 Å². The molecule has 0 aromatic carbocycles. The molecule has 8 heteroatoms. The van der Waals surface area contributed by atoms with Crippen molar-refractivity contribution in [2.75, 3.05) is 20.3 Å². The highest BCUT2D eigenvalue weighted by Gasteiger charge is 2.19. The zero-order valence-corrected chi connectivity index (χ0v) is 12.3. The second kappa shape index (κ2) is 7.49. The van der Waals surface area contributed by atoms with E-state index < -0.39 is 10.0 Å². The molecule has 1 heterocycles. The van der Waals surface area contributed by atoms with Crippen LogP contribution >= 0.6 is 12.2 Å². The summed E-state index contributed by atoms with van der Waals surface area (Å²) in [6.45, 7) is 0.935. The van der Waals surface area contributed by atoms with Crippen molar-refractivity contribution in [1.82, 2.24) is 9.71 Å². The number of methoxy groups -OCH3 is 1. The lowest BCUT2D eigenvalue weighted by atomic mass is 10.3. The van der Waals surface area contributed by atoms with Crippen molar-refractivity contribution in [2.24, 2.45) is 5.73 Å². The molecule has 0 amide bonds. The third-order valence-corrected chi connectivity index (χ3v) is 4.05. The normalized spacial score (nSPS) is 11.4. The minimum Gasteiger partial charge on any atom is -0.388 e. The number of rotatable bonds is 8. The number of nitrogens with zero attached hydrogens (tertiary/aromatic N) is 1. The Kier molecular flexibility index (Phi) is 6.29. The largest absolute Gasteiger partial charge is 0.388 e. The van der Waals surface area contributed by atoms with E-state index in [1.54, 1.807) is 7.11 Å². The molecule has 1 aromatic rings. The molecule has 1 aromatic heterocycles. The summed E-state index contributed by atoms with van der Waals surface area (Å²) in [6, 6.07) is 2.96. The Balaban J connectivity index is 2.75. The molecular weight excluding hydrogens is 286 g/mol. The van der Waals surface area contributed by atoms with Crippen molar-refractivity contribution in [3.05, 3.63) is 24.0 Å². The predicted octanol–water partition coefficient (Wildman–Crippen LogP) is 0.421. The second-order valence-electron chi connectivity index (χ2n) is 3.81. The Hall–Kier alpha value is -1.09. The number of ether oxygens (including phenoxy) is 1. The summed E-state index contributed by atoms with van der Waals surface area (Å²) >= 11 is 4.79. The van der Waals surface area contributed by atoms with Gasteiger partial charge >= 0.3 is 0 Å². The van der Waals surface area contributed by atoms with Crippen LogP contribution in [0.15, 0.2) is 23.2 Å². The Morgan fingerprint density at radius 2 is 2.26 bits per heavy atom. The van der Waals surface area contributed by atoms with Crippen LogP contribution in [0.4, 0.5) is 0 Å². The van der Waals surface area contributed by atoms with Gasteiger partial charge in [0.05, 0.1) is 0 Å². The molecule has 3 N–H and O–H groups in total. The van der Waals surface area contributed by atoms with Crippen LogP contribution in [0.3, 0.4) is 0 Å². The first-order valence-electron chi connectivity index (χ1n) is 5.72. The Bertz CT molecular complexity index is 532. The summed E-state index contributed by atoms with van der Waals surface area (Å²) in [5.41, 5.74) is 5.58. The van der Waals surface area contributed by atoms with E-state index in [4.69, 9.17) is 22.7 Å². The highest BCUT2D eigenvalue weighted by molar-refractivity contribution is 7.89. The molecule has 0 aliphatic heterocycles. The first-order valence-corrected chi connectivity index (χ1v) is 7.61. The van der Waals surface area contributed by atoms with Crippen LogP contribution in [0, 0.1) is 0 Å². The number of nitrogens with one attached hydrogen (secondary N) is 1. The summed E-state index contributed by atoms with van der Waals surface area (Å²) in [4.78, 5) is 3.86. The number of nitrogens with two attached hydrogens (primary N) is 1. The molecule has 19 heavy (non-hydrogen) atoms. The van der Waals surface area contributed by atoms with E-state index in [9.17, 15) is 8.42 Å². The summed E-state index contributed by atoms with van der Waals surface area (Å²) in [5, 5.41) is 0. The molecule has 0 bridgehead atoms. The third-order valence-electron chi connectivity index (χ3n) is 2.36. The first kappa shape index (κ1) is 16.0. The van der Waals surface area contributed by atoms with Crippen LogP contribution in [0.25, 0.3) is 0 Å². The Labute approximate surface area is 118 Å². The van der Waals surface area contributed by atoms with Crippen LogP contribution in [-0.2, 0) is 14.8 Å². The van der Waals surface area contributed by atoms with Crippen molar-refractivity contribution in [1.29, 1.82) is 0 Å². The number of hydrogen-bond donors (Lipinski definition) is 2. The molecule has 0 atom stereocenters. The van der Waals surface area contributed by atoms with Crippen molar-refractivity contribution < 1.29 is 13.2 Å². The smallest absolute Gasteiger partial charge is 0.242 e. The van der Waals surface area contributed by atoms with Gasteiger partial charge in [-0.3, -0.25) is 4.98 Å². The lowest BCUT2D eigenvalue weighted by Crippen LogP contribution is -2.28. The topological polar surface area (TPSA) is 94.3 Å². The van der Waals surface area contributed by atoms with Crippen molar-refractivity contribution in [3.8, 4) is 0 Å². The molecule has 1 rings (SSSR count). The van der Waals surface area contributed by atoms with Gasteiger partial charge in [-0.1, -0.05) is 12.2 Å². The molecule has 0 radical (unpaired) electrons. The van der Waals surface area contributed by atoms with Gasteiger partial charge in [0.2, 0.25) is 10.0 Å². The maximum absolute atomic E-state index is 12.1. The molecule has 0 unspecified atom stereocenters. The van der Waals surface area contributed by atoms with Gasteiger partial charge in [-0.05, 0) is 25.0 Å². The van der Waals surface area contributed by atoms with E-state index in [0.29, 0.717) is 19.6 Å². The van der Waals surface area contributed by atoms with Gasteiger partial charge in [-0.15, -0.1) is 0 Å². The fourth-order valence-electron chi connectivity index (χ4n) is 1.45. The summed E-state index contributed by atoms with van der Waals surface area (Å²) in [7, 11) is -2.04. The van der Waals surface area contributed by atoms with Gasteiger partial charge in [-0.2, -0.15) is 0 Å².